The number of benzene rings is 1. The molecule has 7 heteroatoms. The number of carboxylic acids is 1. The summed E-state index contributed by atoms with van der Waals surface area (Å²) in [5.74, 6) is -2.66. The molecule has 2 amide bonds. The van der Waals surface area contributed by atoms with E-state index in [0.717, 1.165) is 18.9 Å². The van der Waals surface area contributed by atoms with Gasteiger partial charge in [0.1, 0.15) is 11.9 Å². The highest BCUT2D eigenvalue weighted by Gasteiger charge is 2.39. The highest BCUT2D eigenvalue weighted by Crippen LogP contribution is 2.32. The number of carboxylic acid groups (broad SMARTS) is 1. The molecule has 2 aliphatic rings. The summed E-state index contributed by atoms with van der Waals surface area (Å²) >= 11 is 0. The third-order valence-electron chi connectivity index (χ3n) is 4.27. The summed E-state index contributed by atoms with van der Waals surface area (Å²) in [7, 11) is 0. The zero-order chi connectivity index (χ0) is 16.7. The molecule has 2 N–H and O–H groups in total. The molecule has 1 fully saturated rings. The SMILES string of the molecule is CC(C(=O)O)N(C(=O)c1cc2c(cc1F)NC(=O)CC2)C1CC1. The summed E-state index contributed by atoms with van der Waals surface area (Å²) < 4.78 is 14.3. The second-order valence-electron chi connectivity index (χ2n) is 6.00. The Bertz CT molecular complexity index is 700. The average molecular weight is 320 g/mol. The minimum Gasteiger partial charge on any atom is -0.480 e. The summed E-state index contributed by atoms with van der Waals surface area (Å²) in [4.78, 5) is 36.5. The molecule has 1 aromatic carbocycles. The normalized spacial score (nSPS) is 17.9. The number of fused-ring (bicyclic) bond motifs is 1. The Balaban J connectivity index is 1.95. The van der Waals surface area contributed by atoms with Crippen LogP contribution in [0.1, 0.15) is 42.1 Å². The quantitative estimate of drug-likeness (QED) is 0.885. The number of nitrogens with one attached hydrogen (secondary N) is 1. The summed E-state index contributed by atoms with van der Waals surface area (Å²) in [5.41, 5.74) is 0.924. The topological polar surface area (TPSA) is 86.7 Å². The largest absolute Gasteiger partial charge is 0.480 e. The highest BCUT2D eigenvalue weighted by atomic mass is 19.1. The van der Waals surface area contributed by atoms with Crippen molar-refractivity contribution >= 4 is 23.5 Å². The first-order valence-corrected chi connectivity index (χ1v) is 7.56. The van der Waals surface area contributed by atoms with E-state index in [1.807, 2.05) is 0 Å². The van der Waals surface area contributed by atoms with Crippen molar-refractivity contribution in [3.63, 3.8) is 0 Å². The summed E-state index contributed by atoms with van der Waals surface area (Å²) in [6.07, 6.45) is 2.17. The van der Waals surface area contributed by atoms with E-state index in [4.69, 9.17) is 0 Å². The lowest BCUT2D eigenvalue weighted by Crippen LogP contribution is -2.45. The molecule has 0 radical (unpaired) electrons. The van der Waals surface area contributed by atoms with E-state index >= 15 is 0 Å². The zero-order valence-corrected chi connectivity index (χ0v) is 12.6. The number of aryl methyl sites for hydroxylation is 1. The van der Waals surface area contributed by atoms with Crippen molar-refractivity contribution in [2.24, 2.45) is 0 Å². The van der Waals surface area contributed by atoms with E-state index in [0.29, 0.717) is 17.7 Å². The fourth-order valence-corrected chi connectivity index (χ4v) is 2.83. The van der Waals surface area contributed by atoms with Crippen molar-refractivity contribution in [2.45, 2.75) is 44.7 Å². The van der Waals surface area contributed by atoms with Gasteiger partial charge in [0.2, 0.25) is 5.91 Å². The molecule has 122 valence electrons. The van der Waals surface area contributed by atoms with Gasteiger partial charge in [0, 0.05) is 18.2 Å². The number of halogens is 1. The number of aliphatic carboxylic acids is 1. The number of carbonyl (C=O) groups excluding carboxylic acids is 2. The van der Waals surface area contributed by atoms with Crippen LogP contribution in [-0.4, -0.2) is 39.9 Å². The second kappa shape index (κ2) is 5.64. The van der Waals surface area contributed by atoms with Crippen molar-refractivity contribution in [3.8, 4) is 0 Å². The molecule has 1 heterocycles. The third kappa shape index (κ3) is 2.91. The summed E-state index contributed by atoms with van der Waals surface area (Å²) in [5, 5.41) is 11.8. The number of nitrogens with zero attached hydrogens (tertiary/aromatic N) is 1. The second-order valence-corrected chi connectivity index (χ2v) is 6.00. The molecular weight excluding hydrogens is 303 g/mol. The Morgan fingerprint density at radius 3 is 2.65 bits per heavy atom. The maximum Gasteiger partial charge on any atom is 0.326 e. The molecule has 0 spiro atoms. The van der Waals surface area contributed by atoms with Gasteiger partial charge in [-0.05, 0) is 43.9 Å². The van der Waals surface area contributed by atoms with Crippen LogP contribution < -0.4 is 5.32 Å². The van der Waals surface area contributed by atoms with Crippen LogP contribution >= 0.6 is 0 Å². The maximum absolute atomic E-state index is 14.3. The number of rotatable bonds is 4. The van der Waals surface area contributed by atoms with Crippen LogP contribution in [0.2, 0.25) is 0 Å². The first-order chi connectivity index (χ1) is 10.9. The molecule has 0 saturated heterocycles. The van der Waals surface area contributed by atoms with Crippen molar-refractivity contribution < 1.29 is 23.9 Å². The Labute approximate surface area is 132 Å². The lowest BCUT2D eigenvalue weighted by molar-refractivity contribution is -0.141. The van der Waals surface area contributed by atoms with Crippen molar-refractivity contribution in [2.75, 3.05) is 5.32 Å². The van der Waals surface area contributed by atoms with Gasteiger partial charge in [-0.15, -0.1) is 0 Å². The lowest BCUT2D eigenvalue weighted by atomic mass is 9.99. The van der Waals surface area contributed by atoms with E-state index < -0.39 is 23.7 Å². The molecule has 3 rings (SSSR count). The minimum atomic E-state index is -1.11. The van der Waals surface area contributed by atoms with Crippen LogP contribution in [0, 0.1) is 5.82 Å². The molecule has 0 aromatic heterocycles. The van der Waals surface area contributed by atoms with Gasteiger partial charge >= 0.3 is 5.97 Å². The number of amides is 2. The van der Waals surface area contributed by atoms with Gasteiger partial charge in [0.25, 0.3) is 5.91 Å². The van der Waals surface area contributed by atoms with Crippen LogP contribution in [0.15, 0.2) is 12.1 Å². The molecule has 1 saturated carbocycles. The minimum absolute atomic E-state index is 0.139. The smallest absolute Gasteiger partial charge is 0.326 e. The summed E-state index contributed by atoms with van der Waals surface area (Å²) in [6.45, 7) is 1.43. The third-order valence-corrected chi connectivity index (χ3v) is 4.27. The van der Waals surface area contributed by atoms with Gasteiger partial charge in [0.05, 0.1) is 5.56 Å². The first-order valence-electron chi connectivity index (χ1n) is 7.56. The molecule has 1 unspecified atom stereocenters. The van der Waals surface area contributed by atoms with Gasteiger partial charge < -0.3 is 15.3 Å². The van der Waals surface area contributed by atoms with Crippen molar-refractivity contribution in [1.82, 2.24) is 4.90 Å². The fraction of sp³-hybridized carbons (Fsp3) is 0.438. The predicted molar refractivity (Wildman–Crippen MR) is 79.6 cm³/mol. The Morgan fingerprint density at radius 1 is 1.35 bits per heavy atom. The standard InChI is InChI=1S/C16H17FN2O4/c1-8(16(22)23)19(10-3-4-10)15(21)11-6-9-2-5-14(20)18-13(9)7-12(11)17/h6-8,10H,2-5H2,1H3,(H,18,20)(H,22,23). The Hall–Kier alpha value is -2.44. The fourth-order valence-electron chi connectivity index (χ4n) is 2.83. The van der Waals surface area contributed by atoms with E-state index in [1.165, 1.54) is 17.9 Å². The van der Waals surface area contributed by atoms with Crippen LogP contribution in [0.4, 0.5) is 10.1 Å². The summed E-state index contributed by atoms with van der Waals surface area (Å²) in [6, 6.07) is 1.40. The van der Waals surface area contributed by atoms with Crippen LogP contribution in [0.25, 0.3) is 0 Å². The van der Waals surface area contributed by atoms with E-state index in [9.17, 15) is 23.9 Å². The molecule has 1 aromatic rings. The van der Waals surface area contributed by atoms with E-state index in [2.05, 4.69) is 5.32 Å². The Morgan fingerprint density at radius 2 is 2.04 bits per heavy atom. The predicted octanol–water partition coefficient (Wildman–Crippen LogP) is 1.79. The number of hydrogen-bond donors (Lipinski definition) is 2. The highest BCUT2D eigenvalue weighted by molar-refractivity contribution is 5.99. The molecule has 6 nitrogen and oxygen atoms in total. The lowest BCUT2D eigenvalue weighted by Gasteiger charge is -2.27. The molecule has 1 aliphatic carbocycles. The van der Waals surface area contributed by atoms with E-state index in [-0.39, 0.29) is 23.9 Å². The molecule has 0 bridgehead atoms. The van der Waals surface area contributed by atoms with Gasteiger partial charge in [-0.25, -0.2) is 9.18 Å². The van der Waals surface area contributed by atoms with Crippen LogP contribution in [-0.2, 0) is 16.0 Å². The van der Waals surface area contributed by atoms with Crippen molar-refractivity contribution in [3.05, 3.63) is 29.1 Å². The first kappa shape index (κ1) is 15.5. The molecular formula is C16H17FN2O4. The van der Waals surface area contributed by atoms with Crippen LogP contribution in [0.3, 0.4) is 0 Å². The van der Waals surface area contributed by atoms with Gasteiger partial charge in [-0.3, -0.25) is 9.59 Å². The average Bonchev–Trinajstić information content (AvgIpc) is 3.31. The Kier molecular flexibility index (Phi) is 3.79. The number of carbonyl (C=O) groups is 3. The molecule has 1 atom stereocenters. The molecule has 23 heavy (non-hydrogen) atoms. The maximum atomic E-state index is 14.3. The van der Waals surface area contributed by atoms with Crippen molar-refractivity contribution in [1.29, 1.82) is 0 Å². The zero-order valence-electron chi connectivity index (χ0n) is 12.6. The number of anilines is 1. The van der Waals surface area contributed by atoms with Crippen LogP contribution in [0.5, 0.6) is 0 Å². The van der Waals surface area contributed by atoms with Gasteiger partial charge in [-0.1, -0.05) is 0 Å². The number of hydrogen-bond acceptors (Lipinski definition) is 3. The van der Waals surface area contributed by atoms with Gasteiger partial charge in [0.15, 0.2) is 0 Å². The van der Waals surface area contributed by atoms with E-state index in [1.54, 1.807) is 0 Å². The molecule has 1 aliphatic heterocycles. The monoisotopic (exact) mass is 320 g/mol. The van der Waals surface area contributed by atoms with Gasteiger partial charge in [-0.2, -0.15) is 0 Å².